The molecule has 0 radical (unpaired) electrons. The van der Waals surface area contributed by atoms with Crippen LogP contribution in [0.1, 0.15) is 44.0 Å². The minimum Gasteiger partial charge on any atom is -0.311 e. The number of nitrogens with one attached hydrogen (secondary N) is 1. The largest absolute Gasteiger partial charge is 0.311 e. The molecule has 17 heavy (non-hydrogen) atoms. The number of aromatic nitrogens is 2. The van der Waals surface area contributed by atoms with Crippen molar-refractivity contribution in [3.05, 3.63) is 15.9 Å². The summed E-state index contributed by atoms with van der Waals surface area (Å²) >= 11 is 3.63. The monoisotopic (exact) mass is 299 g/mol. The molecule has 1 aromatic rings. The van der Waals surface area contributed by atoms with E-state index in [0.29, 0.717) is 0 Å². The van der Waals surface area contributed by atoms with Gasteiger partial charge in [-0.2, -0.15) is 5.10 Å². The van der Waals surface area contributed by atoms with Gasteiger partial charge in [0.15, 0.2) is 0 Å². The maximum atomic E-state index is 4.51. The standard InChI is InChI=1S/C13H22BrN3/c1-3-17-12(13(14)10(2)16-17)9-15-8-11-6-4-5-7-11/h11,15H,3-9H2,1-2H3. The van der Waals surface area contributed by atoms with Crippen molar-refractivity contribution in [3.63, 3.8) is 0 Å². The third-order valence-electron chi connectivity index (χ3n) is 3.65. The lowest BCUT2D eigenvalue weighted by molar-refractivity contribution is 0.477. The molecule has 0 unspecified atom stereocenters. The lowest BCUT2D eigenvalue weighted by Gasteiger charge is -2.11. The highest BCUT2D eigenvalue weighted by molar-refractivity contribution is 9.10. The highest BCUT2D eigenvalue weighted by Crippen LogP contribution is 2.24. The van der Waals surface area contributed by atoms with Gasteiger partial charge in [0.05, 0.1) is 15.9 Å². The summed E-state index contributed by atoms with van der Waals surface area (Å²) in [7, 11) is 0. The lowest BCUT2D eigenvalue weighted by atomic mass is 10.1. The van der Waals surface area contributed by atoms with E-state index in [-0.39, 0.29) is 0 Å². The van der Waals surface area contributed by atoms with Gasteiger partial charge in [-0.05, 0) is 55.1 Å². The molecular weight excluding hydrogens is 278 g/mol. The zero-order chi connectivity index (χ0) is 12.3. The number of hydrogen-bond acceptors (Lipinski definition) is 2. The van der Waals surface area contributed by atoms with Crippen LogP contribution in [0.2, 0.25) is 0 Å². The fourth-order valence-electron chi connectivity index (χ4n) is 2.65. The van der Waals surface area contributed by atoms with Crippen molar-refractivity contribution in [2.24, 2.45) is 5.92 Å². The fourth-order valence-corrected chi connectivity index (χ4v) is 3.07. The molecule has 1 aliphatic carbocycles. The molecule has 0 spiro atoms. The second kappa shape index (κ2) is 6.01. The molecule has 96 valence electrons. The van der Waals surface area contributed by atoms with Gasteiger partial charge in [-0.1, -0.05) is 12.8 Å². The van der Waals surface area contributed by atoms with Crippen molar-refractivity contribution in [2.75, 3.05) is 6.54 Å². The molecule has 4 heteroatoms. The molecule has 3 nitrogen and oxygen atoms in total. The van der Waals surface area contributed by atoms with E-state index in [9.17, 15) is 0 Å². The third kappa shape index (κ3) is 3.10. The molecule has 0 aromatic carbocycles. The van der Waals surface area contributed by atoms with Gasteiger partial charge in [0, 0.05) is 13.1 Å². The number of halogens is 1. The van der Waals surface area contributed by atoms with Crippen LogP contribution in [-0.4, -0.2) is 16.3 Å². The van der Waals surface area contributed by atoms with Crippen LogP contribution in [0.25, 0.3) is 0 Å². The molecule has 1 saturated carbocycles. The molecule has 0 bridgehead atoms. The Kier molecular flexibility index (Phi) is 4.62. The molecule has 1 fully saturated rings. The van der Waals surface area contributed by atoms with E-state index in [4.69, 9.17) is 0 Å². The van der Waals surface area contributed by atoms with Gasteiger partial charge < -0.3 is 5.32 Å². The Balaban J connectivity index is 1.89. The molecule has 0 aliphatic heterocycles. The van der Waals surface area contributed by atoms with Gasteiger partial charge >= 0.3 is 0 Å². The van der Waals surface area contributed by atoms with Gasteiger partial charge in [0.25, 0.3) is 0 Å². The summed E-state index contributed by atoms with van der Waals surface area (Å²) in [4.78, 5) is 0. The molecule has 1 heterocycles. The minimum atomic E-state index is 0.896. The van der Waals surface area contributed by atoms with Crippen molar-refractivity contribution >= 4 is 15.9 Å². The lowest BCUT2D eigenvalue weighted by Crippen LogP contribution is -2.22. The van der Waals surface area contributed by atoms with E-state index < -0.39 is 0 Å². The SMILES string of the molecule is CCn1nc(C)c(Br)c1CNCC1CCCC1. The second-order valence-electron chi connectivity index (χ2n) is 4.94. The van der Waals surface area contributed by atoms with Crippen LogP contribution in [0, 0.1) is 12.8 Å². The average molecular weight is 300 g/mol. The van der Waals surface area contributed by atoms with Gasteiger partial charge in [-0.25, -0.2) is 0 Å². The number of rotatable bonds is 5. The zero-order valence-electron chi connectivity index (χ0n) is 10.8. The quantitative estimate of drug-likeness (QED) is 0.904. The van der Waals surface area contributed by atoms with Crippen LogP contribution in [0.5, 0.6) is 0 Å². The van der Waals surface area contributed by atoms with Gasteiger partial charge in [-0.15, -0.1) is 0 Å². The van der Waals surface area contributed by atoms with Crippen molar-refractivity contribution in [3.8, 4) is 0 Å². The normalized spacial score (nSPS) is 16.9. The summed E-state index contributed by atoms with van der Waals surface area (Å²) in [6, 6.07) is 0. The Morgan fingerprint density at radius 3 is 2.76 bits per heavy atom. The Labute approximate surface area is 112 Å². The molecular formula is C13H22BrN3. The highest BCUT2D eigenvalue weighted by Gasteiger charge is 2.16. The van der Waals surface area contributed by atoms with Crippen LogP contribution in [-0.2, 0) is 13.1 Å². The third-order valence-corrected chi connectivity index (χ3v) is 4.68. The predicted octanol–water partition coefficient (Wildman–Crippen LogP) is 3.25. The minimum absolute atomic E-state index is 0.896. The van der Waals surface area contributed by atoms with Crippen LogP contribution in [0.4, 0.5) is 0 Å². The maximum Gasteiger partial charge on any atom is 0.0739 e. The summed E-state index contributed by atoms with van der Waals surface area (Å²) in [5.41, 5.74) is 2.37. The first kappa shape index (κ1) is 13.1. The van der Waals surface area contributed by atoms with Crippen LogP contribution in [0.15, 0.2) is 4.47 Å². The molecule has 2 rings (SSSR count). The predicted molar refractivity (Wildman–Crippen MR) is 74.0 cm³/mol. The van der Waals surface area contributed by atoms with E-state index in [1.54, 1.807) is 0 Å². The number of aryl methyl sites for hydroxylation is 2. The first-order valence-electron chi connectivity index (χ1n) is 6.64. The number of hydrogen-bond donors (Lipinski definition) is 1. The van der Waals surface area contributed by atoms with E-state index in [2.05, 4.69) is 44.9 Å². The van der Waals surface area contributed by atoms with Crippen LogP contribution in [0.3, 0.4) is 0 Å². The van der Waals surface area contributed by atoms with Crippen molar-refractivity contribution in [1.82, 2.24) is 15.1 Å². The summed E-state index contributed by atoms with van der Waals surface area (Å²) < 4.78 is 3.25. The van der Waals surface area contributed by atoms with E-state index in [1.807, 2.05) is 0 Å². The van der Waals surface area contributed by atoms with E-state index >= 15 is 0 Å². The Morgan fingerprint density at radius 1 is 1.41 bits per heavy atom. The first-order valence-corrected chi connectivity index (χ1v) is 7.44. The van der Waals surface area contributed by atoms with E-state index in [1.165, 1.54) is 35.8 Å². The summed E-state index contributed by atoms with van der Waals surface area (Å²) in [5, 5.41) is 8.09. The summed E-state index contributed by atoms with van der Waals surface area (Å²) in [5.74, 6) is 0.896. The van der Waals surface area contributed by atoms with Crippen LogP contribution >= 0.6 is 15.9 Å². The molecule has 0 amide bonds. The smallest absolute Gasteiger partial charge is 0.0739 e. The Hall–Kier alpha value is -0.350. The highest BCUT2D eigenvalue weighted by atomic mass is 79.9. The molecule has 0 saturated heterocycles. The van der Waals surface area contributed by atoms with Crippen LogP contribution < -0.4 is 5.32 Å². The Morgan fingerprint density at radius 2 is 2.12 bits per heavy atom. The fraction of sp³-hybridized carbons (Fsp3) is 0.769. The van der Waals surface area contributed by atoms with E-state index in [0.717, 1.165) is 31.2 Å². The molecule has 1 aromatic heterocycles. The molecule has 1 aliphatic rings. The first-order chi connectivity index (χ1) is 8.22. The zero-order valence-corrected chi connectivity index (χ0v) is 12.4. The molecule has 1 N–H and O–H groups in total. The number of nitrogens with zero attached hydrogens (tertiary/aromatic N) is 2. The van der Waals surface area contributed by atoms with Crippen molar-refractivity contribution in [1.29, 1.82) is 0 Å². The van der Waals surface area contributed by atoms with Gasteiger partial charge in [0.1, 0.15) is 0 Å². The average Bonchev–Trinajstić information content (AvgIpc) is 2.92. The van der Waals surface area contributed by atoms with Crippen molar-refractivity contribution < 1.29 is 0 Å². The van der Waals surface area contributed by atoms with Gasteiger partial charge in [0.2, 0.25) is 0 Å². The molecule has 0 atom stereocenters. The summed E-state index contributed by atoms with van der Waals surface area (Å²) in [6.45, 7) is 7.20. The summed E-state index contributed by atoms with van der Waals surface area (Å²) in [6.07, 6.45) is 5.64. The van der Waals surface area contributed by atoms with Gasteiger partial charge in [-0.3, -0.25) is 4.68 Å². The second-order valence-corrected chi connectivity index (χ2v) is 5.74. The Bertz CT molecular complexity index is 367. The van der Waals surface area contributed by atoms with Crippen molar-refractivity contribution in [2.45, 2.75) is 52.6 Å². The topological polar surface area (TPSA) is 29.9 Å². The maximum absolute atomic E-state index is 4.51.